The standard InChI is InChI=1S/C26H27NO4/c1-4-24(26(29)30)31-22-9-5-7-20(16-22)8-6-14-27-17-19(3)15-23(27)25(28)21-12-10-18(2)11-13-21/h5-13,15-17,24H,4,14H2,1-3H3,(H,29,30)/b8-6+/t24-/m0/s1. The minimum absolute atomic E-state index is 0.00354. The van der Waals surface area contributed by atoms with E-state index in [-0.39, 0.29) is 5.78 Å². The van der Waals surface area contributed by atoms with Crippen molar-refractivity contribution in [1.29, 1.82) is 0 Å². The average Bonchev–Trinajstić information content (AvgIpc) is 3.12. The van der Waals surface area contributed by atoms with Crippen LogP contribution < -0.4 is 4.74 Å². The predicted molar refractivity (Wildman–Crippen MR) is 122 cm³/mol. The topological polar surface area (TPSA) is 68.5 Å². The van der Waals surface area contributed by atoms with E-state index in [2.05, 4.69) is 0 Å². The normalized spacial score (nSPS) is 12.1. The quantitative estimate of drug-likeness (QED) is 0.480. The molecule has 0 bridgehead atoms. The van der Waals surface area contributed by atoms with E-state index >= 15 is 0 Å². The summed E-state index contributed by atoms with van der Waals surface area (Å²) in [6.45, 7) is 6.28. The first-order valence-electron chi connectivity index (χ1n) is 10.3. The van der Waals surface area contributed by atoms with Crippen LogP contribution in [0.1, 0.15) is 46.1 Å². The second-order valence-corrected chi connectivity index (χ2v) is 7.58. The molecule has 0 saturated carbocycles. The van der Waals surface area contributed by atoms with Crippen LogP contribution in [0.15, 0.2) is 66.9 Å². The molecule has 0 aliphatic heterocycles. The lowest BCUT2D eigenvalue weighted by Crippen LogP contribution is -2.25. The average molecular weight is 418 g/mol. The van der Waals surface area contributed by atoms with Gasteiger partial charge in [0, 0.05) is 18.3 Å². The van der Waals surface area contributed by atoms with Gasteiger partial charge in [-0.1, -0.05) is 61.0 Å². The number of allylic oxidation sites excluding steroid dienone is 1. The Hall–Kier alpha value is -3.60. The molecule has 1 aromatic heterocycles. The highest BCUT2D eigenvalue weighted by molar-refractivity contribution is 6.08. The highest BCUT2D eigenvalue weighted by atomic mass is 16.5. The van der Waals surface area contributed by atoms with Gasteiger partial charge in [0.15, 0.2) is 6.10 Å². The number of aliphatic carboxylic acids is 1. The molecule has 0 spiro atoms. The fraction of sp³-hybridized carbons (Fsp3) is 0.231. The molecular weight excluding hydrogens is 390 g/mol. The van der Waals surface area contributed by atoms with Crippen molar-refractivity contribution >= 4 is 17.8 Å². The van der Waals surface area contributed by atoms with Gasteiger partial charge in [0.1, 0.15) is 5.75 Å². The molecule has 0 aliphatic rings. The zero-order valence-corrected chi connectivity index (χ0v) is 18.0. The van der Waals surface area contributed by atoms with Gasteiger partial charge in [-0.25, -0.2) is 4.79 Å². The third-order valence-electron chi connectivity index (χ3n) is 4.97. The van der Waals surface area contributed by atoms with Gasteiger partial charge >= 0.3 is 5.97 Å². The summed E-state index contributed by atoms with van der Waals surface area (Å²) >= 11 is 0. The highest BCUT2D eigenvalue weighted by Gasteiger charge is 2.17. The van der Waals surface area contributed by atoms with Crippen molar-refractivity contribution in [2.24, 2.45) is 0 Å². The number of rotatable bonds is 9. The summed E-state index contributed by atoms with van der Waals surface area (Å²) in [6, 6.07) is 16.8. The van der Waals surface area contributed by atoms with E-state index in [9.17, 15) is 14.7 Å². The van der Waals surface area contributed by atoms with Crippen molar-refractivity contribution in [3.63, 3.8) is 0 Å². The molecule has 1 heterocycles. The summed E-state index contributed by atoms with van der Waals surface area (Å²) < 4.78 is 7.49. The van der Waals surface area contributed by atoms with Gasteiger partial charge in [-0.3, -0.25) is 4.79 Å². The van der Waals surface area contributed by atoms with Crippen molar-refractivity contribution in [3.05, 3.63) is 94.8 Å². The third kappa shape index (κ3) is 5.72. The van der Waals surface area contributed by atoms with Crippen LogP contribution in [0, 0.1) is 13.8 Å². The number of hydrogen-bond acceptors (Lipinski definition) is 3. The second-order valence-electron chi connectivity index (χ2n) is 7.58. The first-order chi connectivity index (χ1) is 14.9. The second kappa shape index (κ2) is 9.94. The zero-order valence-electron chi connectivity index (χ0n) is 18.0. The molecule has 0 fully saturated rings. The largest absolute Gasteiger partial charge is 0.479 e. The smallest absolute Gasteiger partial charge is 0.344 e. The van der Waals surface area contributed by atoms with Gasteiger partial charge in [-0.2, -0.15) is 0 Å². The lowest BCUT2D eigenvalue weighted by molar-refractivity contribution is -0.145. The molecule has 5 heteroatoms. The van der Waals surface area contributed by atoms with E-state index in [1.807, 2.05) is 79.2 Å². The van der Waals surface area contributed by atoms with Gasteiger partial charge < -0.3 is 14.4 Å². The van der Waals surface area contributed by atoms with Gasteiger partial charge in [-0.15, -0.1) is 0 Å². The number of hydrogen-bond donors (Lipinski definition) is 1. The Morgan fingerprint density at radius 1 is 1.06 bits per heavy atom. The first kappa shape index (κ1) is 22.1. The molecule has 1 N–H and O–H groups in total. The number of carboxylic acids is 1. The Morgan fingerprint density at radius 2 is 1.81 bits per heavy atom. The molecule has 3 aromatic rings. The molecule has 31 heavy (non-hydrogen) atoms. The Morgan fingerprint density at radius 3 is 2.48 bits per heavy atom. The number of benzene rings is 2. The lowest BCUT2D eigenvalue weighted by atomic mass is 10.1. The number of aromatic nitrogens is 1. The number of carbonyl (C=O) groups excluding carboxylic acids is 1. The van der Waals surface area contributed by atoms with Crippen molar-refractivity contribution < 1.29 is 19.4 Å². The first-order valence-corrected chi connectivity index (χ1v) is 10.3. The van der Waals surface area contributed by atoms with E-state index in [1.54, 1.807) is 19.1 Å². The zero-order chi connectivity index (χ0) is 22.4. The monoisotopic (exact) mass is 417 g/mol. The summed E-state index contributed by atoms with van der Waals surface area (Å²) in [5, 5.41) is 9.17. The van der Waals surface area contributed by atoms with Crippen molar-refractivity contribution in [2.45, 2.75) is 39.8 Å². The van der Waals surface area contributed by atoms with Crippen molar-refractivity contribution in [1.82, 2.24) is 4.57 Å². The molecule has 0 unspecified atom stereocenters. The van der Waals surface area contributed by atoms with Crippen LogP contribution in [0.3, 0.4) is 0 Å². The van der Waals surface area contributed by atoms with E-state index in [4.69, 9.17) is 4.74 Å². The Bertz CT molecular complexity index is 1090. The van der Waals surface area contributed by atoms with E-state index in [0.29, 0.717) is 30.0 Å². The summed E-state index contributed by atoms with van der Waals surface area (Å²) in [5.41, 5.74) is 4.36. The summed E-state index contributed by atoms with van der Waals surface area (Å²) in [6.07, 6.45) is 5.39. The van der Waals surface area contributed by atoms with Gasteiger partial charge in [0.05, 0.1) is 5.69 Å². The fourth-order valence-corrected chi connectivity index (χ4v) is 3.32. The molecule has 1 atom stereocenters. The van der Waals surface area contributed by atoms with Crippen LogP contribution in [0.2, 0.25) is 0 Å². The molecule has 3 rings (SSSR count). The van der Waals surface area contributed by atoms with E-state index in [0.717, 1.165) is 16.7 Å². The van der Waals surface area contributed by atoms with Crippen molar-refractivity contribution in [3.8, 4) is 5.75 Å². The van der Waals surface area contributed by atoms with Crippen LogP contribution in [-0.4, -0.2) is 27.5 Å². The van der Waals surface area contributed by atoms with Crippen LogP contribution in [0.4, 0.5) is 0 Å². The van der Waals surface area contributed by atoms with Crippen LogP contribution >= 0.6 is 0 Å². The number of nitrogens with zero attached hydrogens (tertiary/aromatic N) is 1. The third-order valence-corrected chi connectivity index (χ3v) is 4.97. The number of ether oxygens (including phenoxy) is 1. The summed E-state index contributed by atoms with van der Waals surface area (Å²) in [7, 11) is 0. The molecule has 5 nitrogen and oxygen atoms in total. The summed E-state index contributed by atoms with van der Waals surface area (Å²) in [4.78, 5) is 24.1. The van der Waals surface area contributed by atoms with Crippen LogP contribution in [0.5, 0.6) is 5.75 Å². The number of carboxylic acid groups (broad SMARTS) is 1. The minimum Gasteiger partial charge on any atom is -0.479 e. The maximum Gasteiger partial charge on any atom is 0.344 e. The number of aryl methyl sites for hydroxylation is 2. The molecule has 160 valence electrons. The lowest BCUT2D eigenvalue weighted by Gasteiger charge is -2.13. The Labute approximate surface area is 182 Å². The molecule has 0 amide bonds. The minimum atomic E-state index is -0.975. The number of carbonyl (C=O) groups is 2. The molecule has 2 aromatic carbocycles. The van der Waals surface area contributed by atoms with E-state index < -0.39 is 12.1 Å². The van der Waals surface area contributed by atoms with Gasteiger partial charge in [-0.05, 0) is 49.6 Å². The Kier molecular flexibility index (Phi) is 7.08. The van der Waals surface area contributed by atoms with Gasteiger partial charge in [0.2, 0.25) is 5.78 Å². The Balaban J connectivity index is 1.73. The van der Waals surface area contributed by atoms with Gasteiger partial charge in [0.25, 0.3) is 0 Å². The predicted octanol–water partition coefficient (Wildman–Crippen LogP) is 5.29. The SMILES string of the molecule is CC[C@H](Oc1cccc(/C=C/Cn2cc(C)cc2C(=O)c2ccc(C)cc2)c1)C(=O)O. The van der Waals surface area contributed by atoms with E-state index in [1.165, 1.54) is 0 Å². The van der Waals surface area contributed by atoms with Crippen LogP contribution in [-0.2, 0) is 11.3 Å². The molecule has 0 radical (unpaired) electrons. The van der Waals surface area contributed by atoms with Crippen molar-refractivity contribution in [2.75, 3.05) is 0 Å². The highest BCUT2D eigenvalue weighted by Crippen LogP contribution is 2.18. The van der Waals surface area contributed by atoms with Crippen LogP contribution in [0.25, 0.3) is 6.08 Å². The summed E-state index contributed by atoms with van der Waals surface area (Å²) in [5.74, 6) is -0.461. The molecular formula is C26H27NO4. The number of ketones is 1. The maximum atomic E-state index is 12.9. The molecule has 0 saturated heterocycles. The maximum absolute atomic E-state index is 12.9. The fourth-order valence-electron chi connectivity index (χ4n) is 3.32. The molecule has 0 aliphatic carbocycles.